The van der Waals surface area contributed by atoms with E-state index in [1.54, 1.807) is 0 Å². The monoisotopic (exact) mass is 210 g/mol. The highest BCUT2D eigenvalue weighted by molar-refractivity contribution is 4.91. The molecule has 2 fully saturated rings. The Labute approximate surface area is 94.2 Å². The maximum absolute atomic E-state index is 5.62. The molecule has 0 radical (unpaired) electrons. The number of hydrogen-bond acceptors (Lipinski definition) is 2. The molecule has 0 aromatic carbocycles. The fraction of sp³-hybridized carbons (Fsp3) is 1.00. The maximum atomic E-state index is 5.62. The van der Waals surface area contributed by atoms with Gasteiger partial charge in [0, 0.05) is 19.1 Å². The van der Waals surface area contributed by atoms with Gasteiger partial charge in [-0.15, -0.1) is 0 Å². The van der Waals surface area contributed by atoms with Gasteiger partial charge in [-0.25, -0.2) is 0 Å². The Kier molecular flexibility index (Phi) is 3.68. The van der Waals surface area contributed by atoms with Crippen LogP contribution in [0.2, 0.25) is 0 Å². The Morgan fingerprint density at radius 3 is 2.60 bits per heavy atom. The molecule has 0 aromatic rings. The van der Waals surface area contributed by atoms with Crippen molar-refractivity contribution >= 4 is 0 Å². The highest BCUT2D eigenvalue weighted by Gasteiger charge is 2.37. The van der Waals surface area contributed by atoms with E-state index in [-0.39, 0.29) is 0 Å². The SMILES string of the molecule is CC(C)C1CN(C2CCC(CCN)C2)C1. The predicted octanol–water partition coefficient (Wildman–Crippen LogP) is 2.09. The molecular weight excluding hydrogens is 184 g/mol. The van der Waals surface area contributed by atoms with E-state index in [4.69, 9.17) is 5.73 Å². The molecule has 0 bridgehead atoms. The van der Waals surface area contributed by atoms with Gasteiger partial charge < -0.3 is 5.73 Å². The van der Waals surface area contributed by atoms with Gasteiger partial charge >= 0.3 is 0 Å². The molecule has 0 amide bonds. The van der Waals surface area contributed by atoms with Gasteiger partial charge in [-0.3, -0.25) is 4.90 Å². The van der Waals surface area contributed by atoms with Crippen molar-refractivity contribution in [3.8, 4) is 0 Å². The zero-order chi connectivity index (χ0) is 10.8. The Hall–Kier alpha value is -0.0800. The molecule has 2 aliphatic rings. The van der Waals surface area contributed by atoms with Crippen LogP contribution in [-0.4, -0.2) is 30.6 Å². The van der Waals surface area contributed by atoms with Crippen LogP contribution in [0.4, 0.5) is 0 Å². The van der Waals surface area contributed by atoms with Crippen LogP contribution in [0, 0.1) is 17.8 Å². The molecule has 0 spiro atoms. The quantitative estimate of drug-likeness (QED) is 0.770. The minimum Gasteiger partial charge on any atom is -0.330 e. The van der Waals surface area contributed by atoms with Gasteiger partial charge in [0.2, 0.25) is 0 Å². The smallest absolute Gasteiger partial charge is 0.00982 e. The van der Waals surface area contributed by atoms with Gasteiger partial charge in [0.1, 0.15) is 0 Å². The first-order chi connectivity index (χ1) is 7.20. The molecule has 2 nitrogen and oxygen atoms in total. The molecule has 1 saturated carbocycles. The largest absolute Gasteiger partial charge is 0.330 e. The fourth-order valence-electron chi connectivity index (χ4n) is 3.15. The molecule has 0 aromatic heterocycles. The third-order valence-electron chi connectivity index (χ3n) is 4.49. The molecule has 2 atom stereocenters. The van der Waals surface area contributed by atoms with Crippen molar-refractivity contribution in [3.05, 3.63) is 0 Å². The molecule has 2 heteroatoms. The van der Waals surface area contributed by atoms with Gasteiger partial charge in [0.15, 0.2) is 0 Å². The lowest BCUT2D eigenvalue weighted by molar-refractivity contribution is 0.0286. The van der Waals surface area contributed by atoms with E-state index in [1.807, 2.05) is 0 Å². The average Bonchev–Trinajstić information content (AvgIpc) is 2.50. The van der Waals surface area contributed by atoms with Crippen molar-refractivity contribution in [2.24, 2.45) is 23.5 Å². The number of nitrogens with zero attached hydrogens (tertiary/aromatic N) is 1. The molecule has 1 aliphatic carbocycles. The van der Waals surface area contributed by atoms with Gasteiger partial charge in [0.05, 0.1) is 0 Å². The van der Waals surface area contributed by atoms with Gasteiger partial charge in [-0.2, -0.15) is 0 Å². The van der Waals surface area contributed by atoms with Gasteiger partial charge in [0.25, 0.3) is 0 Å². The first-order valence-corrected chi connectivity index (χ1v) is 6.64. The van der Waals surface area contributed by atoms with Crippen LogP contribution in [0.5, 0.6) is 0 Å². The number of nitrogens with two attached hydrogens (primary N) is 1. The van der Waals surface area contributed by atoms with Crippen molar-refractivity contribution in [2.45, 2.75) is 45.6 Å². The van der Waals surface area contributed by atoms with E-state index >= 15 is 0 Å². The molecule has 2 rings (SSSR count). The van der Waals surface area contributed by atoms with E-state index in [1.165, 1.54) is 38.8 Å². The van der Waals surface area contributed by atoms with Crippen LogP contribution < -0.4 is 5.73 Å². The zero-order valence-electron chi connectivity index (χ0n) is 10.3. The summed E-state index contributed by atoms with van der Waals surface area (Å²) in [6, 6.07) is 0.900. The van der Waals surface area contributed by atoms with Crippen LogP contribution >= 0.6 is 0 Å². The first-order valence-electron chi connectivity index (χ1n) is 6.64. The third-order valence-corrected chi connectivity index (χ3v) is 4.49. The van der Waals surface area contributed by atoms with Crippen LogP contribution in [0.3, 0.4) is 0 Å². The average molecular weight is 210 g/mol. The van der Waals surface area contributed by atoms with Gasteiger partial charge in [-0.1, -0.05) is 13.8 Å². The minimum absolute atomic E-state index is 0.877. The van der Waals surface area contributed by atoms with Gasteiger partial charge in [-0.05, 0) is 50.0 Å². The summed E-state index contributed by atoms with van der Waals surface area (Å²) in [4.78, 5) is 2.71. The van der Waals surface area contributed by atoms with E-state index < -0.39 is 0 Å². The van der Waals surface area contributed by atoms with Crippen LogP contribution in [0.1, 0.15) is 39.5 Å². The lowest BCUT2D eigenvalue weighted by atomic mass is 9.87. The van der Waals surface area contributed by atoms with Crippen molar-refractivity contribution in [3.63, 3.8) is 0 Å². The number of hydrogen-bond donors (Lipinski definition) is 1. The topological polar surface area (TPSA) is 29.3 Å². The summed E-state index contributed by atoms with van der Waals surface area (Å²) in [6.45, 7) is 8.31. The summed E-state index contributed by atoms with van der Waals surface area (Å²) < 4.78 is 0. The van der Waals surface area contributed by atoms with E-state index in [9.17, 15) is 0 Å². The molecular formula is C13H26N2. The van der Waals surface area contributed by atoms with Crippen LogP contribution in [0.15, 0.2) is 0 Å². The molecule has 88 valence electrons. The summed E-state index contributed by atoms with van der Waals surface area (Å²) >= 11 is 0. The first kappa shape index (κ1) is 11.4. The number of rotatable bonds is 4. The number of likely N-dealkylation sites (tertiary alicyclic amines) is 1. The molecule has 1 aliphatic heterocycles. The molecule has 2 N–H and O–H groups in total. The molecule has 15 heavy (non-hydrogen) atoms. The lowest BCUT2D eigenvalue weighted by Gasteiger charge is -2.45. The summed E-state index contributed by atoms with van der Waals surface area (Å²) in [5.74, 6) is 2.78. The molecule has 2 unspecified atom stereocenters. The highest BCUT2D eigenvalue weighted by Crippen LogP contribution is 2.36. The second-order valence-electron chi connectivity index (χ2n) is 5.87. The van der Waals surface area contributed by atoms with E-state index in [2.05, 4.69) is 18.7 Å². The standard InChI is InChI=1S/C13H26N2/c1-10(2)12-8-15(9-12)13-4-3-11(7-13)5-6-14/h10-13H,3-9,14H2,1-2H3. The Morgan fingerprint density at radius 2 is 2.00 bits per heavy atom. The Morgan fingerprint density at radius 1 is 1.27 bits per heavy atom. The van der Waals surface area contributed by atoms with Crippen molar-refractivity contribution < 1.29 is 0 Å². The molecule has 1 saturated heterocycles. The Balaban J connectivity index is 1.70. The van der Waals surface area contributed by atoms with Crippen molar-refractivity contribution in [2.75, 3.05) is 19.6 Å². The summed E-state index contributed by atoms with van der Waals surface area (Å²) in [6.07, 6.45) is 5.51. The second-order valence-corrected chi connectivity index (χ2v) is 5.87. The molecule has 1 heterocycles. The van der Waals surface area contributed by atoms with Crippen LogP contribution in [-0.2, 0) is 0 Å². The summed E-state index contributed by atoms with van der Waals surface area (Å²) in [7, 11) is 0. The van der Waals surface area contributed by atoms with E-state index in [0.717, 1.165) is 30.3 Å². The Bertz CT molecular complexity index is 197. The van der Waals surface area contributed by atoms with Crippen LogP contribution in [0.25, 0.3) is 0 Å². The lowest BCUT2D eigenvalue weighted by Crippen LogP contribution is -2.53. The summed E-state index contributed by atoms with van der Waals surface area (Å²) in [5, 5.41) is 0. The highest BCUT2D eigenvalue weighted by atomic mass is 15.2. The summed E-state index contributed by atoms with van der Waals surface area (Å²) in [5.41, 5.74) is 5.62. The van der Waals surface area contributed by atoms with Crippen molar-refractivity contribution in [1.29, 1.82) is 0 Å². The second kappa shape index (κ2) is 4.84. The maximum Gasteiger partial charge on any atom is 0.00982 e. The normalized spacial score (nSPS) is 33.6. The fourth-order valence-corrected chi connectivity index (χ4v) is 3.15. The van der Waals surface area contributed by atoms with Crippen molar-refractivity contribution in [1.82, 2.24) is 4.90 Å². The van der Waals surface area contributed by atoms with E-state index in [0.29, 0.717) is 0 Å². The zero-order valence-corrected chi connectivity index (χ0v) is 10.3. The predicted molar refractivity (Wildman–Crippen MR) is 64.7 cm³/mol. The minimum atomic E-state index is 0.877. The third kappa shape index (κ3) is 2.54.